The predicted octanol–water partition coefficient (Wildman–Crippen LogP) is 2.59. The van der Waals surface area contributed by atoms with Gasteiger partial charge in [-0.05, 0) is 37.7 Å². The van der Waals surface area contributed by atoms with Crippen LogP contribution in [0.15, 0.2) is 30.3 Å². The van der Waals surface area contributed by atoms with Gasteiger partial charge in [0, 0.05) is 37.8 Å². The highest BCUT2D eigenvalue weighted by Gasteiger charge is 2.45. The third-order valence-corrected chi connectivity index (χ3v) is 5.34. The number of nitrogens with zero attached hydrogens (tertiary/aromatic N) is 1. The van der Waals surface area contributed by atoms with E-state index in [0.29, 0.717) is 24.2 Å². The van der Waals surface area contributed by atoms with Crippen LogP contribution in [0.2, 0.25) is 0 Å². The minimum absolute atomic E-state index is 0.488. The largest absolute Gasteiger partial charge is 0.376 e. The van der Waals surface area contributed by atoms with Crippen molar-refractivity contribution in [3.8, 4) is 0 Å². The molecule has 1 aliphatic carbocycles. The van der Waals surface area contributed by atoms with Crippen LogP contribution in [0.5, 0.6) is 0 Å². The Hall–Kier alpha value is -0.900. The molecular formula is C18H26N2O. The summed E-state index contributed by atoms with van der Waals surface area (Å²) in [5, 5.41) is 3.66. The van der Waals surface area contributed by atoms with Gasteiger partial charge in [-0.3, -0.25) is 4.90 Å². The van der Waals surface area contributed by atoms with Gasteiger partial charge in [0.15, 0.2) is 0 Å². The summed E-state index contributed by atoms with van der Waals surface area (Å²) in [6.45, 7) is 5.44. The minimum Gasteiger partial charge on any atom is -0.376 e. The standard InChI is InChI=1S/C18H26N2O/c1-13-12-20(16-9-10-21-18(16)15-7-8-15)17(11-19-13)14-5-3-2-4-6-14/h2-6,13,15-19H,7-12H2,1H3. The molecule has 3 nitrogen and oxygen atoms in total. The molecule has 0 amide bonds. The summed E-state index contributed by atoms with van der Waals surface area (Å²) in [4.78, 5) is 2.74. The highest BCUT2D eigenvalue weighted by Crippen LogP contribution is 2.42. The van der Waals surface area contributed by atoms with E-state index in [1.807, 2.05) is 0 Å². The number of benzene rings is 1. The Morgan fingerprint density at radius 2 is 1.95 bits per heavy atom. The Morgan fingerprint density at radius 1 is 1.14 bits per heavy atom. The third kappa shape index (κ3) is 2.75. The van der Waals surface area contributed by atoms with E-state index in [-0.39, 0.29) is 0 Å². The van der Waals surface area contributed by atoms with Crippen LogP contribution in [-0.4, -0.2) is 42.8 Å². The lowest BCUT2D eigenvalue weighted by molar-refractivity contribution is 0.0130. The first-order chi connectivity index (χ1) is 10.3. The second-order valence-corrected chi connectivity index (χ2v) is 6.96. The Balaban J connectivity index is 1.59. The van der Waals surface area contributed by atoms with Crippen molar-refractivity contribution >= 4 is 0 Å². The van der Waals surface area contributed by atoms with E-state index in [1.165, 1.54) is 24.8 Å². The molecule has 1 aromatic carbocycles. The van der Waals surface area contributed by atoms with Gasteiger partial charge in [0.05, 0.1) is 6.10 Å². The molecule has 4 atom stereocenters. The Labute approximate surface area is 127 Å². The third-order valence-electron chi connectivity index (χ3n) is 5.34. The Kier molecular flexibility index (Phi) is 3.74. The van der Waals surface area contributed by atoms with E-state index in [4.69, 9.17) is 4.74 Å². The van der Waals surface area contributed by atoms with E-state index in [0.717, 1.165) is 25.6 Å². The molecule has 0 bridgehead atoms. The quantitative estimate of drug-likeness (QED) is 0.924. The average Bonchev–Trinajstić information content (AvgIpc) is 3.25. The number of rotatable bonds is 3. The lowest BCUT2D eigenvalue weighted by Crippen LogP contribution is -2.56. The molecule has 4 unspecified atom stereocenters. The molecule has 0 spiro atoms. The summed E-state index contributed by atoms with van der Waals surface area (Å²) >= 11 is 0. The van der Waals surface area contributed by atoms with Crippen LogP contribution in [0.1, 0.15) is 37.8 Å². The number of nitrogens with one attached hydrogen (secondary N) is 1. The van der Waals surface area contributed by atoms with Gasteiger partial charge < -0.3 is 10.1 Å². The van der Waals surface area contributed by atoms with Crippen molar-refractivity contribution in [2.75, 3.05) is 19.7 Å². The second-order valence-electron chi connectivity index (χ2n) is 6.96. The van der Waals surface area contributed by atoms with Gasteiger partial charge in [0.1, 0.15) is 0 Å². The monoisotopic (exact) mass is 286 g/mol. The minimum atomic E-state index is 0.488. The fourth-order valence-corrected chi connectivity index (χ4v) is 4.12. The van der Waals surface area contributed by atoms with Crippen LogP contribution >= 0.6 is 0 Å². The zero-order chi connectivity index (χ0) is 14.2. The van der Waals surface area contributed by atoms with Gasteiger partial charge in [-0.15, -0.1) is 0 Å². The lowest BCUT2D eigenvalue weighted by Gasteiger charge is -2.44. The summed E-state index contributed by atoms with van der Waals surface area (Å²) in [5.41, 5.74) is 1.44. The fraction of sp³-hybridized carbons (Fsp3) is 0.667. The van der Waals surface area contributed by atoms with E-state index in [9.17, 15) is 0 Å². The SMILES string of the molecule is CC1CN(C2CCOC2C2CC2)C(c2ccccc2)CN1. The van der Waals surface area contributed by atoms with Gasteiger partial charge in [-0.1, -0.05) is 30.3 Å². The molecular weight excluding hydrogens is 260 g/mol. The molecule has 114 valence electrons. The summed E-state index contributed by atoms with van der Waals surface area (Å²) in [7, 11) is 0. The van der Waals surface area contributed by atoms with Gasteiger partial charge in [0.25, 0.3) is 0 Å². The lowest BCUT2D eigenvalue weighted by atomic mass is 9.95. The van der Waals surface area contributed by atoms with Gasteiger partial charge >= 0.3 is 0 Å². The molecule has 3 aliphatic rings. The molecule has 1 saturated carbocycles. The van der Waals surface area contributed by atoms with Crippen molar-refractivity contribution in [3.63, 3.8) is 0 Å². The number of hydrogen-bond donors (Lipinski definition) is 1. The van der Waals surface area contributed by atoms with Crippen molar-refractivity contribution in [3.05, 3.63) is 35.9 Å². The van der Waals surface area contributed by atoms with E-state index in [2.05, 4.69) is 47.5 Å². The molecule has 3 fully saturated rings. The second kappa shape index (κ2) is 5.71. The van der Waals surface area contributed by atoms with Crippen LogP contribution in [-0.2, 0) is 4.74 Å². The summed E-state index contributed by atoms with van der Waals surface area (Å²) in [6, 6.07) is 12.7. The van der Waals surface area contributed by atoms with Gasteiger partial charge in [-0.25, -0.2) is 0 Å². The van der Waals surface area contributed by atoms with Crippen molar-refractivity contribution in [1.82, 2.24) is 10.2 Å². The van der Waals surface area contributed by atoms with Crippen LogP contribution in [0, 0.1) is 5.92 Å². The number of ether oxygens (including phenoxy) is 1. The highest BCUT2D eigenvalue weighted by atomic mass is 16.5. The molecule has 2 heterocycles. The molecule has 3 heteroatoms. The molecule has 2 saturated heterocycles. The van der Waals surface area contributed by atoms with Crippen molar-refractivity contribution in [1.29, 1.82) is 0 Å². The normalized spacial score (nSPS) is 37.8. The molecule has 21 heavy (non-hydrogen) atoms. The van der Waals surface area contributed by atoms with E-state index >= 15 is 0 Å². The van der Waals surface area contributed by atoms with Gasteiger partial charge in [-0.2, -0.15) is 0 Å². The van der Waals surface area contributed by atoms with E-state index < -0.39 is 0 Å². The maximum Gasteiger partial charge on any atom is 0.0759 e. The smallest absolute Gasteiger partial charge is 0.0759 e. The number of piperazine rings is 1. The summed E-state index contributed by atoms with van der Waals surface area (Å²) in [6.07, 6.45) is 4.44. The van der Waals surface area contributed by atoms with E-state index in [1.54, 1.807) is 0 Å². The zero-order valence-electron chi connectivity index (χ0n) is 12.9. The molecule has 4 rings (SSSR count). The van der Waals surface area contributed by atoms with Crippen molar-refractivity contribution in [2.45, 2.75) is 50.4 Å². The molecule has 0 aromatic heterocycles. The fourth-order valence-electron chi connectivity index (χ4n) is 4.12. The van der Waals surface area contributed by atoms with Crippen molar-refractivity contribution < 1.29 is 4.74 Å². The molecule has 0 radical (unpaired) electrons. The summed E-state index contributed by atoms with van der Waals surface area (Å²) in [5.74, 6) is 0.833. The highest BCUT2D eigenvalue weighted by molar-refractivity contribution is 5.21. The van der Waals surface area contributed by atoms with Crippen LogP contribution in [0.4, 0.5) is 0 Å². The first kappa shape index (κ1) is 13.7. The maximum absolute atomic E-state index is 6.10. The average molecular weight is 286 g/mol. The maximum atomic E-state index is 6.10. The first-order valence-corrected chi connectivity index (χ1v) is 8.48. The first-order valence-electron chi connectivity index (χ1n) is 8.48. The van der Waals surface area contributed by atoms with Crippen LogP contribution in [0.25, 0.3) is 0 Å². The van der Waals surface area contributed by atoms with Crippen LogP contribution < -0.4 is 5.32 Å². The predicted molar refractivity (Wildman–Crippen MR) is 84.2 cm³/mol. The zero-order valence-corrected chi connectivity index (χ0v) is 12.9. The molecule has 1 aromatic rings. The topological polar surface area (TPSA) is 24.5 Å². The summed E-state index contributed by atoms with van der Waals surface area (Å²) < 4.78 is 6.10. The molecule has 2 aliphatic heterocycles. The number of hydrogen-bond acceptors (Lipinski definition) is 3. The Morgan fingerprint density at radius 3 is 2.71 bits per heavy atom. The Bertz CT molecular complexity index is 473. The van der Waals surface area contributed by atoms with Crippen molar-refractivity contribution in [2.24, 2.45) is 5.92 Å². The van der Waals surface area contributed by atoms with Gasteiger partial charge in [0.2, 0.25) is 0 Å². The van der Waals surface area contributed by atoms with Crippen LogP contribution in [0.3, 0.4) is 0 Å². The molecule has 1 N–H and O–H groups in total.